The molecule has 0 bridgehead atoms. The first kappa shape index (κ1) is 12.0. The van der Waals surface area contributed by atoms with E-state index in [4.69, 9.17) is 5.41 Å². The first-order valence-corrected chi connectivity index (χ1v) is 6.03. The van der Waals surface area contributed by atoms with Gasteiger partial charge in [-0.2, -0.15) is 0 Å². The van der Waals surface area contributed by atoms with E-state index in [0.29, 0.717) is 17.7 Å². The van der Waals surface area contributed by atoms with Gasteiger partial charge in [0.05, 0.1) is 0 Å². The van der Waals surface area contributed by atoms with Crippen LogP contribution in [0.4, 0.5) is 4.39 Å². The third-order valence-electron chi connectivity index (χ3n) is 2.49. The Hall–Kier alpha value is -1.48. The van der Waals surface area contributed by atoms with Crippen LogP contribution >= 0.6 is 15.9 Å². The van der Waals surface area contributed by atoms with Crippen molar-refractivity contribution in [2.75, 3.05) is 0 Å². The summed E-state index contributed by atoms with van der Waals surface area (Å²) in [4.78, 5) is 0. The van der Waals surface area contributed by atoms with E-state index in [2.05, 4.69) is 15.9 Å². The average molecular weight is 292 g/mol. The second-order valence-corrected chi connectivity index (χ2v) is 4.68. The summed E-state index contributed by atoms with van der Waals surface area (Å²) in [5, 5.41) is 7.91. The molecule has 0 aliphatic rings. The van der Waals surface area contributed by atoms with Crippen LogP contribution in [0.5, 0.6) is 0 Å². The van der Waals surface area contributed by atoms with E-state index in [0.717, 1.165) is 10.0 Å². The molecule has 0 radical (unpaired) electrons. The van der Waals surface area contributed by atoms with Gasteiger partial charge in [-0.3, -0.25) is 0 Å². The van der Waals surface area contributed by atoms with Crippen LogP contribution in [-0.2, 0) is 6.42 Å². The summed E-state index contributed by atoms with van der Waals surface area (Å²) in [6.45, 7) is 0. The van der Waals surface area contributed by atoms with E-state index in [9.17, 15) is 4.39 Å². The first-order valence-electron chi connectivity index (χ1n) is 5.23. The van der Waals surface area contributed by atoms with E-state index >= 15 is 0 Å². The predicted octanol–water partition coefficient (Wildman–Crippen LogP) is 4.20. The van der Waals surface area contributed by atoms with Crippen molar-refractivity contribution in [2.24, 2.45) is 0 Å². The smallest absolute Gasteiger partial charge is 0.132 e. The van der Waals surface area contributed by atoms with Crippen LogP contribution in [0.2, 0.25) is 0 Å². The predicted molar refractivity (Wildman–Crippen MR) is 71.1 cm³/mol. The first-order chi connectivity index (χ1) is 8.16. The largest absolute Gasteiger partial charge is 0.304 e. The van der Waals surface area contributed by atoms with E-state index in [-0.39, 0.29) is 5.82 Å². The van der Waals surface area contributed by atoms with Gasteiger partial charge in [0.2, 0.25) is 0 Å². The molecule has 1 N–H and O–H groups in total. The lowest BCUT2D eigenvalue weighted by Gasteiger charge is -2.05. The molecule has 2 aromatic rings. The lowest BCUT2D eigenvalue weighted by Crippen LogP contribution is -2.05. The number of hydrogen-bond acceptors (Lipinski definition) is 1. The molecular formula is C14H11BrFN. The number of nitrogens with one attached hydrogen (secondary N) is 1. The molecule has 0 atom stereocenters. The third kappa shape index (κ3) is 3.01. The SMILES string of the molecule is N=C(Cc1ccc(Br)cc1)c1ccccc1F. The van der Waals surface area contributed by atoms with Crippen LogP contribution in [-0.4, -0.2) is 5.71 Å². The number of hydrogen-bond donors (Lipinski definition) is 1. The highest BCUT2D eigenvalue weighted by Crippen LogP contribution is 2.14. The zero-order chi connectivity index (χ0) is 12.3. The number of rotatable bonds is 3. The monoisotopic (exact) mass is 291 g/mol. The minimum absolute atomic E-state index is 0.297. The summed E-state index contributed by atoms with van der Waals surface area (Å²) in [6, 6.07) is 14.1. The van der Waals surface area contributed by atoms with Crippen molar-refractivity contribution in [3.05, 3.63) is 69.9 Å². The lowest BCUT2D eigenvalue weighted by atomic mass is 10.0. The fourth-order valence-corrected chi connectivity index (χ4v) is 1.87. The summed E-state index contributed by atoms with van der Waals surface area (Å²) in [7, 11) is 0. The van der Waals surface area contributed by atoms with E-state index in [1.165, 1.54) is 6.07 Å². The topological polar surface area (TPSA) is 23.9 Å². The summed E-state index contributed by atoms with van der Waals surface area (Å²) in [6.07, 6.45) is 0.439. The normalized spacial score (nSPS) is 10.2. The molecule has 0 unspecified atom stereocenters. The van der Waals surface area contributed by atoms with Gasteiger partial charge in [0.1, 0.15) is 5.82 Å². The minimum atomic E-state index is -0.338. The quantitative estimate of drug-likeness (QED) is 0.820. The molecule has 0 aliphatic carbocycles. The zero-order valence-corrected chi connectivity index (χ0v) is 10.7. The molecule has 0 fully saturated rings. The van der Waals surface area contributed by atoms with Gasteiger partial charge in [-0.15, -0.1) is 0 Å². The summed E-state index contributed by atoms with van der Waals surface area (Å²) >= 11 is 3.35. The Labute approximate surface area is 108 Å². The van der Waals surface area contributed by atoms with Crippen LogP contribution in [0, 0.1) is 11.2 Å². The average Bonchev–Trinajstić information content (AvgIpc) is 2.32. The molecule has 86 valence electrons. The summed E-state index contributed by atoms with van der Waals surface area (Å²) < 4.78 is 14.5. The van der Waals surface area contributed by atoms with Crippen LogP contribution in [0.3, 0.4) is 0 Å². The summed E-state index contributed by atoms with van der Waals surface area (Å²) in [5.41, 5.74) is 1.67. The van der Waals surface area contributed by atoms with Crippen molar-refractivity contribution in [1.82, 2.24) is 0 Å². The van der Waals surface area contributed by atoms with Gasteiger partial charge >= 0.3 is 0 Å². The Bertz CT molecular complexity index is 534. The van der Waals surface area contributed by atoms with Crippen molar-refractivity contribution < 1.29 is 4.39 Å². The van der Waals surface area contributed by atoms with Crippen LogP contribution < -0.4 is 0 Å². The maximum Gasteiger partial charge on any atom is 0.132 e. The second kappa shape index (κ2) is 5.23. The molecule has 0 saturated heterocycles. The Morgan fingerprint density at radius 2 is 1.71 bits per heavy atom. The van der Waals surface area contributed by atoms with E-state index in [1.54, 1.807) is 18.2 Å². The fourth-order valence-electron chi connectivity index (χ4n) is 1.61. The highest BCUT2D eigenvalue weighted by molar-refractivity contribution is 9.10. The maximum atomic E-state index is 13.5. The van der Waals surface area contributed by atoms with Gasteiger partial charge in [-0.1, -0.05) is 46.3 Å². The van der Waals surface area contributed by atoms with Crippen molar-refractivity contribution in [3.63, 3.8) is 0 Å². The maximum absolute atomic E-state index is 13.5. The molecule has 1 nitrogen and oxygen atoms in total. The highest BCUT2D eigenvalue weighted by atomic mass is 79.9. The van der Waals surface area contributed by atoms with Gasteiger partial charge in [0.15, 0.2) is 0 Å². The van der Waals surface area contributed by atoms with Crippen molar-refractivity contribution in [3.8, 4) is 0 Å². The molecule has 0 heterocycles. The molecule has 0 aliphatic heterocycles. The van der Waals surface area contributed by atoms with Crippen molar-refractivity contribution >= 4 is 21.6 Å². The molecule has 2 aromatic carbocycles. The summed E-state index contributed by atoms with van der Waals surface area (Å²) in [5.74, 6) is -0.338. The Kier molecular flexibility index (Phi) is 3.69. The highest BCUT2D eigenvalue weighted by Gasteiger charge is 2.07. The van der Waals surface area contributed by atoms with Crippen LogP contribution in [0.25, 0.3) is 0 Å². The molecule has 2 rings (SSSR count). The molecule has 0 aromatic heterocycles. The Morgan fingerprint density at radius 1 is 1.06 bits per heavy atom. The molecule has 0 spiro atoms. The minimum Gasteiger partial charge on any atom is -0.304 e. The van der Waals surface area contributed by atoms with Crippen molar-refractivity contribution in [1.29, 1.82) is 5.41 Å². The molecular weight excluding hydrogens is 281 g/mol. The second-order valence-electron chi connectivity index (χ2n) is 3.76. The number of halogens is 2. The van der Waals surface area contributed by atoms with Crippen LogP contribution in [0.1, 0.15) is 11.1 Å². The zero-order valence-electron chi connectivity index (χ0n) is 9.08. The molecule has 0 saturated carbocycles. The lowest BCUT2D eigenvalue weighted by molar-refractivity contribution is 0.624. The van der Waals surface area contributed by atoms with Gasteiger partial charge < -0.3 is 5.41 Å². The van der Waals surface area contributed by atoms with Gasteiger partial charge in [0, 0.05) is 22.2 Å². The van der Waals surface area contributed by atoms with Gasteiger partial charge in [-0.25, -0.2) is 4.39 Å². The van der Waals surface area contributed by atoms with Crippen LogP contribution in [0.15, 0.2) is 53.0 Å². The van der Waals surface area contributed by atoms with Gasteiger partial charge in [0.25, 0.3) is 0 Å². The standard InChI is InChI=1S/C14H11BrFN/c15-11-7-5-10(6-8-11)9-14(17)12-3-1-2-4-13(12)16/h1-8,17H,9H2. The molecule has 3 heteroatoms. The molecule has 17 heavy (non-hydrogen) atoms. The third-order valence-corrected chi connectivity index (χ3v) is 3.02. The van der Waals surface area contributed by atoms with Crippen molar-refractivity contribution in [2.45, 2.75) is 6.42 Å². The van der Waals surface area contributed by atoms with Gasteiger partial charge in [-0.05, 0) is 23.8 Å². The Morgan fingerprint density at radius 3 is 2.35 bits per heavy atom. The fraction of sp³-hybridized carbons (Fsp3) is 0.0714. The molecule has 0 amide bonds. The van der Waals surface area contributed by atoms with E-state index in [1.807, 2.05) is 24.3 Å². The Balaban J connectivity index is 2.17. The number of benzene rings is 2. The van der Waals surface area contributed by atoms with E-state index < -0.39 is 0 Å².